The molecule has 0 saturated heterocycles. The van der Waals surface area contributed by atoms with E-state index in [-0.39, 0.29) is 5.91 Å². The van der Waals surface area contributed by atoms with Crippen LogP contribution in [0.25, 0.3) is 0 Å². The first-order chi connectivity index (χ1) is 18.3. The standard InChI is InChI=1S/C27H35N7O3/c35-24(21-9-3-1-4-10-21)28-15-17-36-19-20-37-18-16-29-25-32-26(30-22-11-5-2-6-12-22)34-27(33-25)31-23-13-7-8-14-23/h1-6,9-12,23H,7-8,13-20H2,(H,28,35)(H3,29,30,31,32,33,34). The lowest BCUT2D eigenvalue weighted by Gasteiger charge is -2.14. The van der Waals surface area contributed by atoms with Gasteiger partial charge in [-0.2, -0.15) is 15.0 Å². The highest BCUT2D eigenvalue weighted by Crippen LogP contribution is 2.22. The first-order valence-corrected chi connectivity index (χ1v) is 12.8. The molecule has 1 aromatic heterocycles. The number of benzene rings is 2. The maximum absolute atomic E-state index is 12.0. The van der Waals surface area contributed by atoms with Crippen LogP contribution in [0.2, 0.25) is 0 Å². The molecule has 0 bridgehead atoms. The Morgan fingerprint density at radius 1 is 0.757 bits per heavy atom. The largest absolute Gasteiger partial charge is 0.377 e. The molecule has 1 saturated carbocycles. The lowest BCUT2D eigenvalue weighted by atomic mass is 10.2. The molecule has 0 spiro atoms. The number of ether oxygens (including phenoxy) is 2. The van der Waals surface area contributed by atoms with Crippen LogP contribution in [-0.4, -0.2) is 66.4 Å². The first-order valence-electron chi connectivity index (χ1n) is 12.8. The number of hydrogen-bond acceptors (Lipinski definition) is 9. The number of carbonyl (C=O) groups is 1. The van der Waals surface area contributed by atoms with Gasteiger partial charge in [-0.3, -0.25) is 4.79 Å². The average Bonchev–Trinajstić information content (AvgIpc) is 3.43. The van der Waals surface area contributed by atoms with E-state index in [2.05, 4.69) is 36.2 Å². The summed E-state index contributed by atoms with van der Waals surface area (Å²) < 4.78 is 11.2. The van der Waals surface area contributed by atoms with Crippen LogP contribution in [0, 0.1) is 0 Å². The third kappa shape index (κ3) is 9.32. The molecular formula is C27H35N7O3. The summed E-state index contributed by atoms with van der Waals surface area (Å²) in [7, 11) is 0. The van der Waals surface area contributed by atoms with Crippen molar-refractivity contribution >= 4 is 29.4 Å². The van der Waals surface area contributed by atoms with Crippen LogP contribution in [-0.2, 0) is 9.47 Å². The minimum atomic E-state index is -0.103. The van der Waals surface area contributed by atoms with Crippen LogP contribution < -0.4 is 21.3 Å². The molecule has 10 heteroatoms. The Morgan fingerprint density at radius 2 is 1.38 bits per heavy atom. The second-order valence-electron chi connectivity index (χ2n) is 8.70. The number of aromatic nitrogens is 3. The zero-order valence-electron chi connectivity index (χ0n) is 21.0. The molecular weight excluding hydrogens is 470 g/mol. The second-order valence-corrected chi connectivity index (χ2v) is 8.70. The van der Waals surface area contributed by atoms with Gasteiger partial charge in [0.05, 0.1) is 26.4 Å². The predicted octanol–water partition coefficient (Wildman–Crippen LogP) is 3.84. The SMILES string of the molecule is O=C(NCCOCCOCCNc1nc(Nc2ccccc2)nc(NC2CCCC2)n1)c1ccccc1. The molecule has 0 unspecified atom stereocenters. The topological polar surface area (TPSA) is 122 Å². The second kappa shape index (κ2) is 14.7. The van der Waals surface area contributed by atoms with Crippen molar-refractivity contribution in [1.82, 2.24) is 20.3 Å². The molecule has 1 aliphatic carbocycles. The molecule has 0 aliphatic heterocycles. The van der Waals surface area contributed by atoms with Crippen molar-refractivity contribution in [2.24, 2.45) is 0 Å². The molecule has 1 heterocycles. The van der Waals surface area contributed by atoms with Gasteiger partial charge < -0.3 is 30.7 Å². The van der Waals surface area contributed by atoms with E-state index in [1.165, 1.54) is 12.8 Å². The van der Waals surface area contributed by atoms with Crippen molar-refractivity contribution in [3.63, 3.8) is 0 Å². The van der Waals surface area contributed by atoms with Crippen LogP contribution in [0.15, 0.2) is 60.7 Å². The van der Waals surface area contributed by atoms with Gasteiger partial charge in [0.25, 0.3) is 5.91 Å². The van der Waals surface area contributed by atoms with Crippen molar-refractivity contribution in [3.05, 3.63) is 66.2 Å². The molecule has 2 aromatic carbocycles. The third-order valence-corrected chi connectivity index (χ3v) is 5.82. The van der Waals surface area contributed by atoms with Gasteiger partial charge in [-0.1, -0.05) is 49.2 Å². The first kappa shape index (κ1) is 26.3. The number of anilines is 4. The van der Waals surface area contributed by atoms with Gasteiger partial charge in [0, 0.05) is 30.4 Å². The van der Waals surface area contributed by atoms with E-state index in [0.717, 1.165) is 18.5 Å². The molecule has 10 nitrogen and oxygen atoms in total. The van der Waals surface area contributed by atoms with E-state index in [9.17, 15) is 4.79 Å². The van der Waals surface area contributed by atoms with E-state index < -0.39 is 0 Å². The fourth-order valence-corrected chi connectivity index (χ4v) is 3.96. The monoisotopic (exact) mass is 505 g/mol. The maximum Gasteiger partial charge on any atom is 0.251 e. The smallest absolute Gasteiger partial charge is 0.251 e. The van der Waals surface area contributed by atoms with Crippen molar-refractivity contribution < 1.29 is 14.3 Å². The zero-order valence-corrected chi connectivity index (χ0v) is 21.0. The summed E-state index contributed by atoms with van der Waals surface area (Å²) in [4.78, 5) is 25.6. The third-order valence-electron chi connectivity index (χ3n) is 5.82. The van der Waals surface area contributed by atoms with E-state index in [1.54, 1.807) is 12.1 Å². The van der Waals surface area contributed by atoms with Crippen molar-refractivity contribution in [3.8, 4) is 0 Å². The summed E-state index contributed by atoms with van der Waals surface area (Å²) in [5.41, 5.74) is 1.55. The molecule has 3 aromatic rings. The Labute approximate surface area is 217 Å². The molecule has 1 aliphatic rings. The quantitative estimate of drug-likeness (QED) is 0.228. The number of rotatable bonds is 15. The van der Waals surface area contributed by atoms with E-state index in [4.69, 9.17) is 9.47 Å². The Morgan fingerprint density at radius 3 is 2.11 bits per heavy atom. The van der Waals surface area contributed by atoms with Gasteiger partial charge in [-0.05, 0) is 37.1 Å². The van der Waals surface area contributed by atoms with Crippen molar-refractivity contribution in [1.29, 1.82) is 0 Å². The molecule has 4 rings (SSSR count). The molecule has 0 atom stereocenters. The lowest BCUT2D eigenvalue weighted by Crippen LogP contribution is -2.27. The van der Waals surface area contributed by atoms with Crippen LogP contribution in [0.4, 0.5) is 23.5 Å². The minimum absolute atomic E-state index is 0.103. The minimum Gasteiger partial charge on any atom is -0.377 e. The highest BCUT2D eigenvalue weighted by molar-refractivity contribution is 5.94. The van der Waals surface area contributed by atoms with Gasteiger partial charge in [0.15, 0.2) is 0 Å². The maximum atomic E-state index is 12.0. The molecule has 37 heavy (non-hydrogen) atoms. The number of hydrogen-bond donors (Lipinski definition) is 4. The fourth-order valence-electron chi connectivity index (χ4n) is 3.96. The predicted molar refractivity (Wildman–Crippen MR) is 144 cm³/mol. The van der Waals surface area contributed by atoms with E-state index in [0.29, 0.717) is 69.0 Å². The number of amides is 1. The van der Waals surface area contributed by atoms with Crippen molar-refractivity contribution in [2.45, 2.75) is 31.7 Å². The normalized spacial score (nSPS) is 13.3. The van der Waals surface area contributed by atoms with Gasteiger partial charge in [-0.25, -0.2) is 0 Å². The molecule has 1 fully saturated rings. The number of nitrogens with zero attached hydrogens (tertiary/aromatic N) is 3. The van der Waals surface area contributed by atoms with Crippen LogP contribution in [0.1, 0.15) is 36.0 Å². The Bertz CT molecular complexity index is 1080. The van der Waals surface area contributed by atoms with Crippen LogP contribution >= 0.6 is 0 Å². The van der Waals surface area contributed by atoms with Crippen LogP contribution in [0.3, 0.4) is 0 Å². The van der Waals surface area contributed by atoms with Gasteiger partial charge in [-0.15, -0.1) is 0 Å². The number of para-hydroxylation sites is 1. The highest BCUT2D eigenvalue weighted by atomic mass is 16.5. The zero-order chi connectivity index (χ0) is 25.5. The Hall–Kier alpha value is -3.76. The summed E-state index contributed by atoms with van der Waals surface area (Å²) in [6.45, 7) is 2.82. The lowest BCUT2D eigenvalue weighted by molar-refractivity contribution is 0.0519. The average molecular weight is 506 g/mol. The molecule has 4 N–H and O–H groups in total. The Kier molecular flexibility index (Phi) is 10.5. The molecule has 0 radical (unpaired) electrons. The fraction of sp³-hybridized carbons (Fsp3) is 0.407. The summed E-state index contributed by atoms with van der Waals surface area (Å²) in [6, 6.07) is 19.3. The number of nitrogens with one attached hydrogen (secondary N) is 4. The summed E-state index contributed by atoms with van der Waals surface area (Å²) >= 11 is 0. The van der Waals surface area contributed by atoms with E-state index >= 15 is 0 Å². The van der Waals surface area contributed by atoms with Gasteiger partial charge in [0.2, 0.25) is 17.8 Å². The summed E-state index contributed by atoms with van der Waals surface area (Å²) in [5.74, 6) is 1.44. The number of carbonyl (C=O) groups excluding carboxylic acids is 1. The van der Waals surface area contributed by atoms with E-state index in [1.807, 2.05) is 48.5 Å². The molecule has 1 amide bonds. The molecule has 196 valence electrons. The van der Waals surface area contributed by atoms with Crippen molar-refractivity contribution in [2.75, 3.05) is 55.5 Å². The highest BCUT2D eigenvalue weighted by Gasteiger charge is 2.17. The summed E-state index contributed by atoms with van der Waals surface area (Å²) in [6.07, 6.45) is 4.72. The Balaban J connectivity index is 1.14. The summed E-state index contributed by atoms with van der Waals surface area (Å²) in [5, 5.41) is 12.7. The van der Waals surface area contributed by atoms with Gasteiger partial charge >= 0.3 is 0 Å². The van der Waals surface area contributed by atoms with Gasteiger partial charge in [0.1, 0.15) is 0 Å². The van der Waals surface area contributed by atoms with Crippen LogP contribution in [0.5, 0.6) is 0 Å².